The summed E-state index contributed by atoms with van der Waals surface area (Å²) >= 11 is 0. The summed E-state index contributed by atoms with van der Waals surface area (Å²) in [5.74, 6) is -1.16. The van der Waals surface area contributed by atoms with E-state index in [1.807, 2.05) is 7.05 Å². The van der Waals surface area contributed by atoms with E-state index in [9.17, 15) is 28.1 Å². The number of H-pyrrole nitrogens is 1. The molecule has 3 aromatic rings. The number of halogens is 3. The number of carbonyl (C=O) groups excluding carboxylic acids is 1. The standard InChI is InChI=1S/C25H26F3N5O4/c1-31-12-14-32(15-13-31)11-10-19-21(24(29)34)23(18-4-2-3-5-20(18)33(35)36)30-22(19)16-6-8-17(9-7-16)37-25(26,27)28/h2-9,30H,10-15H2,1H3,(H2,29,34). The van der Waals surface area contributed by atoms with Crippen LogP contribution in [0.3, 0.4) is 0 Å². The molecule has 0 radical (unpaired) electrons. The number of nitrogens with two attached hydrogens (primary N) is 1. The van der Waals surface area contributed by atoms with Gasteiger partial charge in [-0.05, 0) is 54.9 Å². The molecule has 0 spiro atoms. The highest BCUT2D eigenvalue weighted by atomic mass is 19.4. The second-order valence-electron chi connectivity index (χ2n) is 8.83. The molecule has 2 heterocycles. The summed E-state index contributed by atoms with van der Waals surface area (Å²) in [6.07, 6.45) is -4.44. The summed E-state index contributed by atoms with van der Waals surface area (Å²) in [6, 6.07) is 11.2. The molecule has 0 bridgehead atoms. The molecule has 0 aliphatic carbocycles. The second-order valence-corrected chi connectivity index (χ2v) is 8.83. The molecule has 0 atom stereocenters. The quantitative estimate of drug-likeness (QED) is 0.344. The van der Waals surface area contributed by atoms with Gasteiger partial charge in [-0.25, -0.2) is 0 Å². The van der Waals surface area contributed by atoms with Gasteiger partial charge in [0.1, 0.15) is 5.75 Å². The number of rotatable bonds is 8. The van der Waals surface area contributed by atoms with Crippen LogP contribution in [-0.4, -0.2) is 71.7 Å². The van der Waals surface area contributed by atoms with Crippen LogP contribution in [-0.2, 0) is 6.42 Å². The van der Waals surface area contributed by atoms with Crippen LogP contribution in [0.2, 0.25) is 0 Å². The van der Waals surface area contributed by atoms with Gasteiger partial charge in [0.15, 0.2) is 0 Å². The number of hydrogen-bond acceptors (Lipinski definition) is 6. The smallest absolute Gasteiger partial charge is 0.406 e. The highest BCUT2D eigenvalue weighted by Crippen LogP contribution is 2.38. The largest absolute Gasteiger partial charge is 0.573 e. The summed E-state index contributed by atoms with van der Waals surface area (Å²) in [7, 11) is 2.04. The normalized spacial score (nSPS) is 15.0. The Morgan fingerprint density at radius 3 is 2.32 bits per heavy atom. The van der Waals surface area contributed by atoms with E-state index in [2.05, 4.69) is 19.5 Å². The molecule has 1 aromatic heterocycles. The van der Waals surface area contributed by atoms with Crippen molar-refractivity contribution in [1.29, 1.82) is 0 Å². The number of carbonyl (C=O) groups is 1. The summed E-state index contributed by atoms with van der Waals surface area (Å²) in [4.78, 5) is 31.5. The highest BCUT2D eigenvalue weighted by molar-refractivity contribution is 6.03. The Bertz CT molecular complexity index is 1280. The Balaban J connectivity index is 1.80. The number of piperazine rings is 1. The van der Waals surface area contributed by atoms with E-state index in [-0.39, 0.29) is 22.5 Å². The molecule has 0 saturated carbocycles. The Morgan fingerprint density at radius 2 is 1.73 bits per heavy atom. The van der Waals surface area contributed by atoms with Crippen LogP contribution in [0.4, 0.5) is 18.9 Å². The molecule has 1 amide bonds. The highest BCUT2D eigenvalue weighted by Gasteiger charge is 2.31. The number of aromatic nitrogens is 1. The molecule has 4 rings (SSSR count). The number of primary amides is 1. The van der Waals surface area contributed by atoms with Crippen molar-refractivity contribution in [2.75, 3.05) is 39.8 Å². The maximum absolute atomic E-state index is 12.7. The van der Waals surface area contributed by atoms with Gasteiger partial charge in [0.25, 0.3) is 11.6 Å². The molecule has 1 aliphatic rings. The van der Waals surface area contributed by atoms with E-state index < -0.39 is 22.9 Å². The first-order valence-electron chi connectivity index (χ1n) is 11.6. The molecule has 1 saturated heterocycles. The van der Waals surface area contributed by atoms with Gasteiger partial charge in [-0.1, -0.05) is 12.1 Å². The van der Waals surface area contributed by atoms with Crippen LogP contribution in [0.5, 0.6) is 5.75 Å². The van der Waals surface area contributed by atoms with Crippen molar-refractivity contribution in [2.24, 2.45) is 5.73 Å². The first-order chi connectivity index (χ1) is 17.5. The fraction of sp³-hybridized carbons (Fsp3) is 0.320. The number of aromatic amines is 1. The Kier molecular flexibility index (Phi) is 7.50. The molecule has 37 heavy (non-hydrogen) atoms. The molecular weight excluding hydrogens is 491 g/mol. The Labute approximate surface area is 210 Å². The van der Waals surface area contributed by atoms with E-state index >= 15 is 0 Å². The number of likely N-dealkylation sites (N-methyl/N-ethyl adjacent to an activating group) is 1. The van der Waals surface area contributed by atoms with Crippen molar-refractivity contribution >= 4 is 11.6 Å². The number of nitrogens with one attached hydrogen (secondary N) is 1. The topological polar surface area (TPSA) is 118 Å². The summed E-state index contributed by atoms with van der Waals surface area (Å²) < 4.78 is 41.8. The van der Waals surface area contributed by atoms with Crippen LogP contribution in [0.25, 0.3) is 22.5 Å². The lowest BCUT2D eigenvalue weighted by atomic mass is 9.97. The number of nitro benzene ring substituents is 1. The molecule has 196 valence electrons. The van der Waals surface area contributed by atoms with Gasteiger partial charge in [0.05, 0.1) is 21.7 Å². The molecule has 1 fully saturated rings. The lowest BCUT2D eigenvalue weighted by Gasteiger charge is -2.32. The lowest BCUT2D eigenvalue weighted by Crippen LogP contribution is -2.45. The van der Waals surface area contributed by atoms with Crippen molar-refractivity contribution in [3.8, 4) is 28.3 Å². The van der Waals surface area contributed by atoms with Gasteiger partial charge < -0.3 is 25.3 Å². The number of nitro groups is 1. The van der Waals surface area contributed by atoms with E-state index in [4.69, 9.17) is 5.73 Å². The number of amides is 1. The SMILES string of the molecule is CN1CCN(CCc2c(-c3ccc(OC(F)(F)F)cc3)[nH]c(-c3ccccc3[N+](=O)[O-])c2C(N)=O)CC1. The van der Waals surface area contributed by atoms with Crippen molar-refractivity contribution in [2.45, 2.75) is 12.8 Å². The predicted octanol–water partition coefficient (Wildman–Crippen LogP) is 4.04. The van der Waals surface area contributed by atoms with Crippen LogP contribution in [0.15, 0.2) is 48.5 Å². The molecular formula is C25H26F3N5O4. The van der Waals surface area contributed by atoms with Crippen LogP contribution >= 0.6 is 0 Å². The zero-order chi connectivity index (χ0) is 26.7. The molecule has 9 nitrogen and oxygen atoms in total. The van der Waals surface area contributed by atoms with Crippen molar-refractivity contribution in [3.63, 3.8) is 0 Å². The fourth-order valence-electron chi connectivity index (χ4n) is 4.52. The summed E-state index contributed by atoms with van der Waals surface area (Å²) in [6.45, 7) is 4.06. The number of alkyl halides is 3. The van der Waals surface area contributed by atoms with Gasteiger partial charge in [-0.2, -0.15) is 0 Å². The van der Waals surface area contributed by atoms with Crippen LogP contribution < -0.4 is 10.5 Å². The first kappa shape index (κ1) is 26.2. The van der Waals surface area contributed by atoms with Crippen LogP contribution in [0, 0.1) is 10.1 Å². The zero-order valence-electron chi connectivity index (χ0n) is 20.0. The van der Waals surface area contributed by atoms with E-state index in [0.717, 1.165) is 26.2 Å². The molecule has 1 aliphatic heterocycles. The lowest BCUT2D eigenvalue weighted by molar-refractivity contribution is -0.384. The average molecular weight is 518 g/mol. The third-order valence-corrected chi connectivity index (χ3v) is 6.37. The number of ether oxygens (including phenoxy) is 1. The summed E-state index contributed by atoms with van der Waals surface area (Å²) in [5.41, 5.74) is 7.56. The molecule has 3 N–H and O–H groups in total. The Morgan fingerprint density at radius 1 is 1.08 bits per heavy atom. The van der Waals surface area contributed by atoms with E-state index in [1.165, 1.54) is 42.5 Å². The molecule has 2 aromatic carbocycles. The average Bonchev–Trinajstić information content (AvgIpc) is 3.23. The zero-order valence-corrected chi connectivity index (χ0v) is 20.0. The number of hydrogen-bond donors (Lipinski definition) is 2. The van der Waals surface area contributed by atoms with Gasteiger partial charge in [0, 0.05) is 44.5 Å². The number of para-hydroxylation sites is 1. The number of nitrogens with zero attached hydrogens (tertiary/aromatic N) is 3. The molecule has 0 unspecified atom stereocenters. The second kappa shape index (κ2) is 10.6. The predicted molar refractivity (Wildman–Crippen MR) is 131 cm³/mol. The minimum absolute atomic E-state index is 0.119. The number of benzene rings is 2. The molecule has 12 heteroatoms. The maximum atomic E-state index is 12.7. The fourth-order valence-corrected chi connectivity index (χ4v) is 4.52. The minimum atomic E-state index is -4.83. The summed E-state index contributed by atoms with van der Waals surface area (Å²) in [5, 5.41) is 11.7. The van der Waals surface area contributed by atoms with Crippen molar-refractivity contribution in [1.82, 2.24) is 14.8 Å². The van der Waals surface area contributed by atoms with Gasteiger partial charge in [0.2, 0.25) is 0 Å². The third-order valence-electron chi connectivity index (χ3n) is 6.37. The van der Waals surface area contributed by atoms with Gasteiger partial charge in [-0.3, -0.25) is 14.9 Å². The maximum Gasteiger partial charge on any atom is 0.573 e. The monoisotopic (exact) mass is 517 g/mol. The third kappa shape index (κ3) is 6.09. The Hall–Kier alpha value is -3.90. The van der Waals surface area contributed by atoms with Crippen molar-refractivity contribution in [3.05, 3.63) is 69.8 Å². The van der Waals surface area contributed by atoms with Crippen LogP contribution in [0.1, 0.15) is 15.9 Å². The van der Waals surface area contributed by atoms with E-state index in [1.54, 1.807) is 6.07 Å². The first-order valence-corrected chi connectivity index (χ1v) is 11.6. The van der Waals surface area contributed by atoms with Gasteiger partial charge in [-0.15, -0.1) is 13.2 Å². The minimum Gasteiger partial charge on any atom is -0.406 e. The van der Waals surface area contributed by atoms with Crippen molar-refractivity contribution < 1.29 is 27.6 Å². The van der Waals surface area contributed by atoms with Gasteiger partial charge >= 0.3 is 6.36 Å². The van der Waals surface area contributed by atoms with E-state index in [0.29, 0.717) is 29.8 Å².